The molecule has 8 heteroatoms. The van der Waals surface area contributed by atoms with Gasteiger partial charge in [0.2, 0.25) is 15.9 Å². The van der Waals surface area contributed by atoms with Crippen molar-refractivity contribution < 1.29 is 17.9 Å². The zero-order valence-electron chi connectivity index (χ0n) is 20.2. The van der Waals surface area contributed by atoms with Gasteiger partial charge in [0.1, 0.15) is 5.75 Å². The van der Waals surface area contributed by atoms with Crippen LogP contribution in [0.3, 0.4) is 0 Å². The van der Waals surface area contributed by atoms with E-state index in [2.05, 4.69) is 10.2 Å². The number of hydrogen-bond donors (Lipinski definition) is 1. The van der Waals surface area contributed by atoms with Crippen molar-refractivity contribution in [1.29, 1.82) is 0 Å². The molecule has 1 heterocycles. The Morgan fingerprint density at radius 3 is 2.42 bits per heavy atom. The van der Waals surface area contributed by atoms with Gasteiger partial charge in [-0.05, 0) is 58.5 Å². The van der Waals surface area contributed by atoms with Gasteiger partial charge in [-0.1, -0.05) is 35.9 Å². The van der Waals surface area contributed by atoms with Gasteiger partial charge in [-0.3, -0.25) is 4.79 Å². The van der Waals surface area contributed by atoms with Crippen LogP contribution in [0.1, 0.15) is 35.6 Å². The maximum Gasteiger partial charge on any atom is 0.243 e. The highest BCUT2D eigenvalue weighted by Gasteiger charge is 2.33. The fourth-order valence-electron chi connectivity index (χ4n) is 4.44. The first-order valence-electron chi connectivity index (χ1n) is 11.3. The van der Waals surface area contributed by atoms with Crippen molar-refractivity contribution in [3.63, 3.8) is 0 Å². The van der Waals surface area contributed by atoms with Crippen molar-refractivity contribution in [2.75, 3.05) is 40.8 Å². The summed E-state index contributed by atoms with van der Waals surface area (Å²) in [4.78, 5) is 15.3. The molecule has 1 saturated heterocycles. The summed E-state index contributed by atoms with van der Waals surface area (Å²) >= 11 is 0. The van der Waals surface area contributed by atoms with E-state index in [9.17, 15) is 13.2 Å². The molecule has 2 aromatic carbocycles. The lowest BCUT2D eigenvalue weighted by Crippen LogP contribution is -2.44. The second-order valence-corrected chi connectivity index (χ2v) is 10.8. The van der Waals surface area contributed by atoms with E-state index >= 15 is 0 Å². The summed E-state index contributed by atoms with van der Waals surface area (Å²) in [5.41, 5.74) is 2.80. The molecular weight excluding hydrogens is 438 g/mol. The van der Waals surface area contributed by atoms with Crippen LogP contribution in [0.15, 0.2) is 47.4 Å². The van der Waals surface area contributed by atoms with Gasteiger partial charge < -0.3 is 15.0 Å². The SMILES string of the molecule is COc1ccccc1C(CNC(=O)C1CCN(S(=O)(=O)c2ccc(C)cc2C)CC1)N(C)C. The van der Waals surface area contributed by atoms with Gasteiger partial charge in [0, 0.05) is 31.1 Å². The van der Waals surface area contributed by atoms with E-state index in [0.717, 1.165) is 22.4 Å². The molecule has 1 aliphatic heterocycles. The summed E-state index contributed by atoms with van der Waals surface area (Å²) in [6.07, 6.45) is 1.02. The van der Waals surface area contributed by atoms with Crippen LogP contribution in [-0.4, -0.2) is 64.4 Å². The summed E-state index contributed by atoms with van der Waals surface area (Å²) in [6.45, 7) is 4.91. The Morgan fingerprint density at radius 2 is 1.82 bits per heavy atom. The number of piperidine rings is 1. The van der Waals surface area contributed by atoms with Gasteiger partial charge in [0.05, 0.1) is 18.0 Å². The van der Waals surface area contributed by atoms with Crippen LogP contribution >= 0.6 is 0 Å². The molecule has 1 unspecified atom stereocenters. The standard InChI is InChI=1S/C25H35N3O4S/c1-18-10-11-24(19(2)16-18)33(30,31)28-14-12-20(13-15-28)25(29)26-17-22(27(3)4)21-8-6-7-9-23(21)32-5/h6-11,16,20,22H,12-15,17H2,1-5H3,(H,26,29). The molecule has 1 aliphatic rings. The number of rotatable bonds is 8. The largest absolute Gasteiger partial charge is 0.496 e. The van der Waals surface area contributed by atoms with Crippen molar-refractivity contribution in [2.45, 2.75) is 37.6 Å². The van der Waals surface area contributed by atoms with E-state index in [4.69, 9.17) is 4.74 Å². The predicted octanol–water partition coefficient (Wildman–Crippen LogP) is 3.13. The third-order valence-corrected chi connectivity index (χ3v) is 8.42. The number of aryl methyl sites for hydroxylation is 2. The van der Waals surface area contributed by atoms with Crippen molar-refractivity contribution in [1.82, 2.24) is 14.5 Å². The summed E-state index contributed by atoms with van der Waals surface area (Å²) in [7, 11) is 2.03. The smallest absolute Gasteiger partial charge is 0.243 e. The number of methoxy groups -OCH3 is 1. The zero-order valence-corrected chi connectivity index (χ0v) is 21.0. The average molecular weight is 474 g/mol. The lowest BCUT2D eigenvalue weighted by Gasteiger charge is -2.32. The van der Waals surface area contributed by atoms with Gasteiger partial charge in [-0.25, -0.2) is 8.42 Å². The number of carbonyl (C=O) groups is 1. The van der Waals surface area contributed by atoms with Gasteiger partial charge in [0.15, 0.2) is 0 Å². The molecule has 0 bridgehead atoms. The quantitative estimate of drug-likeness (QED) is 0.637. The maximum absolute atomic E-state index is 13.1. The van der Waals surface area contributed by atoms with E-state index in [1.807, 2.05) is 64.3 Å². The maximum atomic E-state index is 13.1. The fraction of sp³-hybridized carbons (Fsp3) is 0.480. The Kier molecular flexibility index (Phi) is 8.15. The molecule has 0 aliphatic carbocycles. The lowest BCUT2D eigenvalue weighted by atomic mass is 9.97. The Hall–Kier alpha value is -2.42. The third kappa shape index (κ3) is 5.75. The monoisotopic (exact) mass is 473 g/mol. The molecule has 0 saturated carbocycles. The van der Waals surface area contributed by atoms with Crippen molar-refractivity contribution in [2.24, 2.45) is 5.92 Å². The second kappa shape index (κ2) is 10.7. The molecule has 1 amide bonds. The van der Waals surface area contributed by atoms with E-state index in [1.165, 1.54) is 4.31 Å². The van der Waals surface area contributed by atoms with E-state index in [1.54, 1.807) is 13.2 Å². The predicted molar refractivity (Wildman–Crippen MR) is 130 cm³/mol. The Labute approximate surface area is 197 Å². The number of para-hydroxylation sites is 1. The second-order valence-electron chi connectivity index (χ2n) is 8.91. The molecule has 33 heavy (non-hydrogen) atoms. The normalized spacial score (nSPS) is 16.5. The number of hydrogen-bond acceptors (Lipinski definition) is 5. The molecule has 7 nitrogen and oxygen atoms in total. The first-order chi connectivity index (χ1) is 15.6. The highest BCUT2D eigenvalue weighted by atomic mass is 32.2. The van der Waals surface area contributed by atoms with E-state index in [0.29, 0.717) is 37.4 Å². The van der Waals surface area contributed by atoms with Crippen LogP contribution in [-0.2, 0) is 14.8 Å². The van der Waals surface area contributed by atoms with Gasteiger partial charge in [-0.2, -0.15) is 4.31 Å². The first-order valence-corrected chi connectivity index (χ1v) is 12.7. The minimum atomic E-state index is -3.56. The number of likely N-dealkylation sites (N-methyl/N-ethyl adjacent to an activating group) is 1. The van der Waals surface area contributed by atoms with Crippen molar-refractivity contribution in [3.05, 3.63) is 59.2 Å². The number of ether oxygens (including phenoxy) is 1. The molecular formula is C25H35N3O4S. The first kappa shape index (κ1) is 25.2. The number of carbonyl (C=O) groups excluding carboxylic acids is 1. The fourth-order valence-corrected chi connectivity index (χ4v) is 6.12. The highest BCUT2D eigenvalue weighted by molar-refractivity contribution is 7.89. The van der Waals surface area contributed by atoms with Crippen molar-refractivity contribution >= 4 is 15.9 Å². The number of nitrogens with zero attached hydrogens (tertiary/aromatic N) is 2. The van der Waals surface area contributed by atoms with Gasteiger partial charge >= 0.3 is 0 Å². The number of nitrogens with one attached hydrogen (secondary N) is 1. The topological polar surface area (TPSA) is 79.0 Å². The van der Waals surface area contributed by atoms with Crippen LogP contribution in [0.25, 0.3) is 0 Å². The average Bonchev–Trinajstić information content (AvgIpc) is 2.79. The van der Waals surface area contributed by atoms with E-state index < -0.39 is 10.0 Å². The number of sulfonamides is 1. The molecule has 0 radical (unpaired) electrons. The molecule has 1 N–H and O–H groups in total. The summed E-state index contributed by atoms with van der Waals surface area (Å²) in [5, 5.41) is 3.08. The van der Waals surface area contributed by atoms with Crippen LogP contribution in [0.5, 0.6) is 5.75 Å². The minimum absolute atomic E-state index is 0.0275. The van der Waals surface area contributed by atoms with Gasteiger partial charge in [0.25, 0.3) is 0 Å². The zero-order chi connectivity index (χ0) is 24.2. The molecule has 0 spiro atoms. The van der Waals surface area contributed by atoms with Crippen LogP contribution in [0.2, 0.25) is 0 Å². The molecule has 1 atom stereocenters. The Balaban J connectivity index is 1.61. The number of amides is 1. The molecule has 3 rings (SSSR count). The van der Waals surface area contributed by atoms with Gasteiger partial charge in [-0.15, -0.1) is 0 Å². The molecule has 180 valence electrons. The van der Waals surface area contributed by atoms with Crippen molar-refractivity contribution in [3.8, 4) is 5.75 Å². The molecule has 0 aromatic heterocycles. The van der Waals surface area contributed by atoms with Crippen LogP contribution in [0, 0.1) is 19.8 Å². The Morgan fingerprint density at radius 1 is 1.15 bits per heavy atom. The van der Waals surface area contributed by atoms with Crippen LogP contribution in [0.4, 0.5) is 0 Å². The van der Waals surface area contributed by atoms with E-state index in [-0.39, 0.29) is 17.9 Å². The summed E-state index contributed by atoms with van der Waals surface area (Å²) in [5.74, 6) is 0.562. The summed E-state index contributed by atoms with van der Waals surface area (Å²) in [6, 6.07) is 13.2. The summed E-state index contributed by atoms with van der Waals surface area (Å²) < 4.78 is 33.2. The Bertz CT molecular complexity index is 1080. The molecule has 2 aromatic rings. The highest BCUT2D eigenvalue weighted by Crippen LogP contribution is 2.29. The number of benzene rings is 2. The third-order valence-electron chi connectivity index (χ3n) is 6.36. The minimum Gasteiger partial charge on any atom is -0.496 e. The molecule has 1 fully saturated rings. The lowest BCUT2D eigenvalue weighted by molar-refractivity contribution is -0.126. The van der Waals surface area contributed by atoms with Crippen LogP contribution < -0.4 is 10.1 Å².